The Kier molecular flexibility index (Phi) is 40.4. The predicted molar refractivity (Wildman–Crippen MR) is 2.06 cm³/mol. The molecule has 0 N–H and O–H groups in total. The summed E-state index contributed by atoms with van der Waals surface area (Å²) in [6, 6.07) is 0. The number of hydrogen-bond donors (Lipinski definition) is 0. The van der Waals surface area contributed by atoms with Crippen LogP contribution < -0.4 is 0 Å². The van der Waals surface area contributed by atoms with Gasteiger partial charge in [-0.15, -0.1) is 0 Å². The summed E-state index contributed by atoms with van der Waals surface area (Å²) in [5, 5.41) is 0. The summed E-state index contributed by atoms with van der Waals surface area (Å²) in [6.07, 6.45) is 0. The second-order valence-electron chi connectivity index (χ2n) is 0.0833. The first-order chi connectivity index (χ1) is 2.41. The summed E-state index contributed by atoms with van der Waals surface area (Å²) >= 11 is -0.900. The Hall–Kier alpha value is 0.738. The zero-order chi connectivity index (χ0) is 4.71. The van der Waals surface area contributed by atoms with E-state index in [1.807, 2.05) is 0 Å². The SMILES string of the molecule is [O]=[Ru].[O]=[Ti]=[O]. The van der Waals surface area contributed by atoms with E-state index < -0.39 is 19.1 Å². The molecule has 0 aliphatic carbocycles. The minimum absolute atomic E-state index is 1.10. The molecule has 0 aromatic carbocycles. The fraction of sp³-hybridized carbons (Fsp3) is 0. The van der Waals surface area contributed by atoms with Crippen LogP contribution in [0.4, 0.5) is 0 Å². The van der Waals surface area contributed by atoms with E-state index in [-0.39, 0.29) is 0 Å². The molecule has 0 fully saturated rings. The second-order valence-corrected chi connectivity index (χ2v) is 0.344. The minimum atomic E-state index is -2.00. The Bertz CT molecular complexity index is 36.2. The first kappa shape index (κ1) is 9.22. The van der Waals surface area contributed by atoms with Crippen LogP contribution in [0.5, 0.6) is 0 Å². The van der Waals surface area contributed by atoms with Crippen LogP contribution in [-0.2, 0) is 47.6 Å². The van der Waals surface area contributed by atoms with Crippen molar-refractivity contribution in [3.8, 4) is 0 Å². The van der Waals surface area contributed by atoms with E-state index in [1.165, 1.54) is 0 Å². The zero-order valence-corrected chi connectivity index (χ0v) is 5.38. The van der Waals surface area contributed by atoms with Crippen LogP contribution >= 0.6 is 0 Å². The zero-order valence-electron chi connectivity index (χ0n) is 2.08. The molecule has 0 radical (unpaired) electrons. The summed E-state index contributed by atoms with van der Waals surface area (Å²) in [6.45, 7) is 0. The van der Waals surface area contributed by atoms with Gasteiger partial charge >= 0.3 is 47.6 Å². The predicted octanol–water partition coefficient (Wildman–Crippen LogP) is -0.361. The summed E-state index contributed by atoms with van der Waals surface area (Å²) in [4.78, 5) is 0. The first-order valence-corrected chi connectivity index (χ1v) is 2.54. The fourth-order valence-electron chi connectivity index (χ4n) is 0. The molecule has 0 aliphatic rings. The van der Waals surface area contributed by atoms with E-state index in [4.69, 9.17) is 10.2 Å². The molecule has 0 saturated heterocycles. The van der Waals surface area contributed by atoms with Gasteiger partial charge in [0.05, 0.1) is 0 Å². The Morgan fingerprint density at radius 3 is 1.20 bits per heavy atom. The molecule has 0 aliphatic heterocycles. The molecule has 0 aromatic rings. The molecule has 0 aromatic heterocycles. The molecule has 0 atom stereocenters. The third-order valence-electron chi connectivity index (χ3n) is 0. The van der Waals surface area contributed by atoms with Crippen LogP contribution in [0.3, 0.4) is 0 Å². The Balaban J connectivity index is 0. The topological polar surface area (TPSA) is 51.2 Å². The quantitative estimate of drug-likeness (QED) is 0.498. The molecule has 30 valence electrons. The van der Waals surface area contributed by atoms with Gasteiger partial charge in [0.2, 0.25) is 0 Å². The van der Waals surface area contributed by atoms with Gasteiger partial charge in [0.25, 0.3) is 0 Å². The number of rotatable bonds is 0. The maximum atomic E-state index is 8.50. The Morgan fingerprint density at radius 1 is 1.20 bits per heavy atom. The van der Waals surface area contributed by atoms with Gasteiger partial charge in [-0.25, -0.2) is 0 Å². The van der Waals surface area contributed by atoms with E-state index in [9.17, 15) is 0 Å². The average molecular weight is 197 g/mol. The van der Waals surface area contributed by atoms with E-state index >= 15 is 0 Å². The van der Waals surface area contributed by atoms with Gasteiger partial charge in [0.15, 0.2) is 0 Å². The third kappa shape index (κ3) is 65.3. The van der Waals surface area contributed by atoms with Gasteiger partial charge < -0.3 is 0 Å². The van der Waals surface area contributed by atoms with Crippen molar-refractivity contribution >= 4 is 0 Å². The van der Waals surface area contributed by atoms with Crippen molar-refractivity contribution in [2.24, 2.45) is 0 Å². The van der Waals surface area contributed by atoms with Crippen molar-refractivity contribution in [1.82, 2.24) is 0 Å². The van der Waals surface area contributed by atoms with Crippen molar-refractivity contribution in [3.05, 3.63) is 0 Å². The standard InChI is InChI=1S/3O.Ru.Ti. The van der Waals surface area contributed by atoms with Crippen LogP contribution in [0.15, 0.2) is 0 Å². The van der Waals surface area contributed by atoms with Crippen molar-refractivity contribution in [3.63, 3.8) is 0 Å². The summed E-state index contributed by atoms with van der Waals surface area (Å²) < 4.78 is 25.2. The molecule has 0 amide bonds. The van der Waals surface area contributed by atoms with E-state index in [0.29, 0.717) is 0 Å². The summed E-state index contributed by atoms with van der Waals surface area (Å²) in [7, 11) is 0. The van der Waals surface area contributed by atoms with Crippen molar-refractivity contribution in [1.29, 1.82) is 0 Å². The first-order valence-electron chi connectivity index (χ1n) is 0.553. The fourth-order valence-corrected chi connectivity index (χ4v) is 0. The molecule has 5 heteroatoms. The molecule has 0 rings (SSSR count). The van der Waals surface area contributed by atoms with E-state index in [0.717, 1.165) is 18.3 Å². The molecule has 5 heavy (non-hydrogen) atoms. The molecule has 0 unspecified atom stereocenters. The van der Waals surface area contributed by atoms with E-state index in [1.54, 1.807) is 0 Å². The van der Waals surface area contributed by atoms with Gasteiger partial charge in [-0.2, -0.15) is 0 Å². The van der Waals surface area contributed by atoms with Crippen molar-refractivity contribution in [2.45, 2.75) is 0 Å². The maximum absolute atomic E-state index is 8.50. The van der Waals surface area contributed by atoms with Gasteiger partial charge in [0, 0.05) is 0 Å². The van der Waals surface area contributed by atoms with E-state index in [2.05, 4.69) is 0 Å². The van der Waals surface area contributed by atoms with Gasteiger partial charge in [-0.05, 0) is 0 Å². The Morgan fingerprint density at radius 2 is 1.20 bits per heavy atom. The molecule has 0 spiro atoms. The molecular weight excluding hydrogens is 197 g/mol. The average Bonchev–Trinajstić information content (AvgIpc) is 1.46. The molecule has 3 nitrogen and oxygen atoms in total. The van der Waals surface area contributed by atoms with Gasteiger partial charge in [-0.1, -0.05) is 0 Å². The second kappa shape index (κ2) is 21.9. The summed E-state index contributed by atoms with van der Waals surface area (Å²) in [5.74, 6) is 0. The van der Waals surface area contributed by atoms with Crippen molar-refractivity contribution in [2.75, 3.05) is 0 Å². The molecule has 0 bridgehead atoms. The van der Waals surface area contributed by atoms with Crippen LogP contribution in [0.1, 0.15) is 0 Å². The van der Waals surface area contributed by atoms with Crippen LogP contribution in [0, 0.1) is 0 Å². The normalized spacial score (nSPS) is 2.60. The van der Waals surface area contributed by atoms with Crippen molar-refractivity contribution < 1.29 is 47.6 Å². The molecule has 0 heterocycles. The van der Waals surface area contributed by atoms with Crippen LogP contribution in [0.2, 0.25) is 0 Å². The summed E-state index contributed by atoms with van der Waals surface area (Å²) in [5.41, 5.74) is 0. The van der Waals surface area contributed by atoms with Gasteiger partial charge in [-0.3, -0.25) is 0 Å². The molecular formula is O3RuTi. The number of hydrogen-bond acceptors (Lipinski definition) is 3. The third-order valence-corrected chi connectivity index (χ3v) is 0. The molecule has 0 saturated carbocycles. The monoisotopic (exact) mass is 198 g/mol. The van der Waals surface area contributed by atoms with Gasteiger partial charge in [0.1, 0.15) is 0 Å². The van der Waals surface area contributed by atoms with Crippen LogP contribution in [0.25, 0.3) is 0 Å². The van der Waals surface area contributed by atoms with Crippen LogP contribution in [-0.4, -0.2) is 0 Å². The Labute approximate surface area is 47.6 Å².